The van der Waals surface area contributed by atoms with Crippen LogP contribution in [-0.4, -0.2) is 11.5 Å². The highest BCUT2D eigenvalue weighted by Gasteiger charge is 2.10. The van der Waals surface area contributed by atoms with Gasteiger partial charge in [-0.2, -0.15) is 11.8 Å². The first-order valence-electron chi connectivity index (χ1n) is 5.60. The topological polar surface area (TPSA) is 26.0 Å². The molecule has 0 aromatic heterocycles. The van der Waals surface area contributed by atoms with E-state index in [2.05, 4.69) is 13.8 Å². The average molecular weight is 241 g/mol. The molecule has 0 radical (unpaired) electrons. The van der Waals surface area contributed by atoms with Crippen molar-refractivity contribution in [1.82, 2.24) is 0 Å². The highest BCUT2D eigenvalue weighted by atomic mass is 32.2. The second kappa shape index (κ2) is 6.26. The Bertz CT molecular complexity index is 339. The molecule has 1 rings (SSSR count). The summed E-state index contributed by atoms with van der Waals surface area (Å²) in [7, 11) is 0. The summed E-state index contributed by atoms with van der Waals surface area (Å²) in [6.45, 7) is 6.35. The zero-order valence-electron chi connectivity index (χ0n) is 10.2. The minimum atomic E-state index is -0.204. The minimum Gasteiger partial charge on any atom is -0.323 e. The zero-order chi connectivity index (χ0) is 12.1. The van der Waals surface area contributed by atoms with Gasteiger partial charge in [-0.15, -0.1) is 0 Å². The standard InChI is InChI=1S/C13H20FNS/c1-9(2)7-16-8-13(15)12-6-11(14)5-4-10(12)3/h4-6,9,13H,7-8,15H2,1-3H3. The molecule has 0 heterocycles. The van der Waals surface area contributed by atoms with Gasteiger partial charge in [0.1, 0.15) is 5.82 Å². The van der Waals surface area contributed by atoms with Crippen molar-refractivity contribution in [1.29, 1.82) is 0 Å². The van der Waals surface area contributed by atoms with Gasteiger partial charge in [0, 0.05) is 11.8 Å². The van der Waals surface area contributed by atoms with E-state index in [-0.39, 0.29) is 11.9 Å². The Balaban J connectivity index is 2.58. The third-order valence-corrected chi connectivity index (χ3v) is 3.89. The Morgan fingerprint density at radius 1 is 1.31 bits per heavy atom. The van der Waals surface area contributed by atoms with Crippen LogP contribution < -0.4 is 5.73 Å². The quantitative estimate of drug-likeness (QED) is 0.853. The SMILES string of the molecule is Cc1ccc(F)cc1C(N)CSCC(C)C. The third-order valence-electron chi connectivity index (χ3n) is 2.39. The summed E-state index contributed by atoms with van der Waals surface area (Å²) in [4.78, 5) is 0. The molecule has 16 heavy (non-hydrogen) atoms. The second-order valence-corrected chi connectivity index (χ2v) is 5.61. The molecule has 1 unspecified atom stereocenters. The van der Waals surface area contributed by atoms with E-state index >= 15 is 0 Å². The van der Waals surface area contributed by atoms with Crippen molar-refractivity contribution >= 4 is 11.8 Å². The summed E-state index contributed by atoms with van der Waals surface area (Å²) < 4.78 is 13.1. The lowest BCUT2D eigenvalue weighted by atomic mass is 10.0. The molecule has 0 aliphatic rings. The van der Waals surface area contributed by atoms with Crippen molar-refractivity contribution in [3.63, 3.8) is 0 Å². The van der Waals surface area contributed by atoms with Gasteiger partial charge >= 0.3 is 0 Å². The number of hydrogen-bond acceptors (Lipinski definition) is 2. The molecule has 0 amide bonds. The third kappa shape index (κ3) is 4.14. The normalized spacial score (nSPS) is 13.1. The summed E-state index contributed by atoms with van der Waals surface area (Å²) in [5.74, 6) is 2.42. The number of thioether (sulfide) groups is 1. The Labute approximate surface area is 102 Å². The van der Waals surface area contributed by atoms with Crippen LogP contribution in [0.4, 0.5) is 4.39 Å². The predicted molar refractivity (Wildman–Crippen MR) is 70.2 cm³/mol. The molecule has 0 spiro atoms. The molecule has 1 aromatic rings. The van der Waals surface area contributed by atoms with Gasteiger partial charge in [0.25, 0.3) is 0 Å². The van der Waals surface area contributed by atoms with Gasteiger partial charge in [0.15, 0.2) is 0 Å². The maximum absolute atomic E-state index is 13.1. The summed E-state index contributed by atoms with van der Waals surface area (Å²) >= 11 is 1.83. The average Bonchev–Trinajstić information content (AvgIpc) is 2.21. The fourth-order valence-corrected chi connectivity index (χ4v) is 2.57. The van der Waals surface area contributed by atoms with Gasteiger partial charge < -0.3 is 5.73 Å². The highest BCUT2D eigenvalue weighted by Crippen LogP contribution is 2.21. The number of hydrogen-bond donors (Lipinski definition) is 1. The van der Waals surface area contributed by atoms with Crippen molar-refractivity contribution in [2.24, 2.45) is 11.7 Å². The molecule has 0 bridgehead atoms. The minimum absolute atomic E-state index is 0.0700. The fraction of sp³-hybridized carbons (Fsp3) is 0.538. The monoisotopic (exact) mass is 241 g/mol. The molecule has 1 nitrogen and oxygen atoms in total. The highest BCUT2D eigenvalue weighted by molar-refractivity contribution is 7.99. The summed E-state index contributed by atoms with van der Waals surface area (Å²) in [5, 5.41) is 0. The van der Waals surface area contributed by atoms with Crippen molar-refractivity contribution < 1.29 is 4.39 Å². The van der Waals surface area contributed by atoms with E-state index in [4.69, 9.17) is 5.73 Å². The zero-order valence-corrected chi connectivity index (χ0v) is 11.0. The summed E-state index contributed by atoms with van der Waals surface area (Å²) in [6, 6.07) is 4.75. The Hall–Kier alpha value is -0.540. The van der Waals surface area contributed by atoms with Gasteiger partial charge in [-0.3, -0.25) is 0 Å². The Morgan fingerprint density at radius 2 is 2.00 bits per heavy atom. The van der Waals surface area contributed by atoms with E-state index in [1.54, 1.807) is 12.1 Å². The van der Waals surface area contributed by atoms with Crippen molar-refractivity contribution in [3.8, 4) is 0 Å². The van der Waals surface area contributed by atoms with Crippen LogP contribution in [0.25, 0.3) is 0 Å². The van der Waals surface area contributed by atoms with Gasteiger partial charge in [0.05, 0.1) is 0 Å². The van der Waals surface area contributed by atoms with E-state index in [0.29, 0.717) is 5.92 Å². The molecule has 2 N–H and O–H groups in total. The molecular weight excluding hydrogens is 221 g/mol. The second-order valence-electron chi connectivity index (χ2n) is 4.54. The number of benzene rings is 1. The fourth-order valence-electron chi connectivity index (χ4n) is 1.53. The lowest BCUT2D eigenvalue weighted by molar-refractivity contribution is 0.621. The van der Waals surface area contributed by atoms with Gasteiger partial charge in [0.2, 0.25) is 0 Å². The first-order valence-corrected chi connectivity index (χ1v) is 6.75. The van der Waals surface area contributed by atoms with Crippen LogP contribution in [0.3, 0.4) is 0 Å². The number of aryl methyl sites for hydroxylation is 1. The molecule has 0 fully saturated rings. The molecule has 90 valence electrons. The van der Waals surface area contributed by atoms with E-state index in [0.717, 1.165) is 22.6 Å². The van der Waals surface area contributed by atoms with Gasteiger partial charge in [-0.05, 0) is 41.9 Å². The number of halogens is 1. The number of nitrogens with two attached hydrogens (primary N) is 1. The van der Waals surface area contributed by atoms with E-state index in [9.17, 15) is 4.39 Å². The van der Waals surface area contributed by atoms with E-state index in [1.165, 1.54) is 6.07 Å². The molecule has 3 heteroatoms. The van der Waals surface area contributed by atoms with Crippen LogP contribution in [-0.2, 0) is 0 Å². The van der Waals surface area contributed by atoms with Crippen LogP contribution in [0.15, 0.2) is 18.2 Å². The van der Waals surface area contributed by atoms with Crippen LogP contribution in [0.1, 0.15) is 31.0 Å². The van der Waals surface area contributed by atoms with Crippen LogP contribution in [0.2, 0.25) is 0 Å². The molecule has 0 aliphatic heterocycles. The first kappa shape index (κ1) is 13.5. The molecule has 0 saturated carbocycles. The maximum atomic E-state index is 13.1. The van der Waals surface area contributed by atoms with Gasteiger partial charge in [-0.1, -0.05) is 19.9 Å². The molecule has 0 aliphatic carbocycles. The molecule has 1 atom stereocenters. The largest absolute Gasteiger partial charge is 0.323 e. The van der Waals surface area contributed by atoms with Gasteiger partial charge in [-0.25, -0.2) is 4.39 Å². The summed E-state index contributed by atoms with van der Waals surface area (Å²) in [6.07, 6.45) is 0. The van der Waals surface area contributed by atoms with Crippen LogP contribution >= 0.6 is 11.8 Å². The Morgan fingerprint density at radius 3 is 2.62 bits per heavy atom. The molecular formula is C13H20FNS. The summed E-state index contributed by atoms with van der Waals surface area (Å²) in [5.41, 5.74) is 8.06. The van der Waals surface area contributed by atoms with E-state index < -0.39 is 0 Å². The lowest BCUT2D eigenvalue weighted by Crippen LogP contribution is -2.15. The van der Waals surface area contributed by atoms with Crippen LogP contribution in [0.5, 0.6) is 0 Å². The first-order chi connectivity index (χ1) is 7.50. The predicted octanol–water partition coefficient (Wildman–Crippen LogP) is 3.52. The van der Waals surface area contributed by atoms with E-state index in [1.807, 2.05) is 18.7 Å². The van der Waals surface area contributed by atoms with Crippen molar-refractivity contribution in [3.05, 3.63) is 35.1 Å². The number of rotatable bonds is 5. The Kier molecular flexibility index (Phi) is 5.29. The van der Waals surface area contributed by atoms with Crippen molar-refractivity contribution in [2.45, 2.75) is 26.8 Å². The van der Waals surface area contributed by atoms with Crippen molar-refractivity contribution in [2.75, 3.05) is 11.5 Å². The lowest BCUT2D eigenvalue weighted by Gasteiger charge is -2.15. The maximum Gasteiger partial charge on any atom is 0.123 e. The van der Waals surface area contributed by atoms with Crippen LogP contribution in [0, 0.1) is 18.7 Å². The molecule has 1 aromatic carbocycles. The molecule has 0 saturated heterocycles. The smallest absolute Gasteiger partial charge is 0.123 e.